The Labute approximate surface area is 179 Å². The smallest absolute Gasteiger partial charge is 0.242 e. The average Bonchev–Trinajstić information content (AvgIpc) is 2.64. The van der Waals surface area contributed by atoms with Crippen molar-refractivity contribution >= 4 is 11.8 Å². The molecule has 1 rings (SSSR count). The molecule has 1 fully saturated rings. The summed E-state index contributed by atoms with van der Waals surface area (Å²) >= 11 is 0. The molecule has 5 heteroatoms. The second-order valence-electron chi connectivity index (χ2n) is 10.2. The molecule has 1 saturated carbocycles. The Hall–Kier alpha value is -1.10. The molecular formula is C24H47N3O2. The van der Waals surface area contributed by atoms with Gasteiger partial charge in [-0.1, -0.05) is 54.9 Å². The van der Waals surface area contributed by atoms with Crippen LogP contribution in [0.15, 0.2) is 0 Å². The molecule has 0 aromatic rings. The maximum atomic E-state index is 12.8. The predicted octanol–water partition coefficient (Wildman–Crippen LogP) is 4.07. The highest BCUT2D eigenvalue weighted by Crippen LogP contribution is 2.30. The van der Waals surface area contributed by atoms with Crippen molar-refractivity contribution in [3.8, 4) is 0 Å². The summed E-state index contributed by atoms with van der Waals surface area (Å²) in [4.78, 5) is 27.9. The van der Waals surface area contributed by atoms with E-state index in [2.05, 4.69) is 50.2 Å². The summed E-state index contributed by atoms with van der Waals surface area (Å²) < 4.78 is 0. The molecule has 170 valence electrons. The monoisotopic (exact) mass is 409 g/mol. The average molecular weight is 410 g/mol. The molecule has 29 heavy (non-hydrogen) atoms. The van der Waals surface area contributed by atoms with Gasteiger partial charge in [-0.05, 0) is 49.4 Å². The van der Waals surface area contributed by atoms with E-state index in [-0.39, 0.29) is 23.7 Å². The molecule has 0 aliphatic heterocycles. The molecule has 1 aliphatic rings. The SMILES string of the molecule is CCC1CCC(C(=O)NC(C(=O)NCCN(CC(C)C)CC(C)C)C(C)C)CC1. The van der Waals surface area contributed by atoms with Crippen molar-refractivity contribution in [3.05, 3.63) is 0 Å². The second-order valence-corrected chi connectivity index (χ2v) is 10.2. The number of rotatable bonds is 12. The largest absolute Gasteiger partial charge is 0.353 e. The van der Waals surface area contributed by atoms with E-state index in [1.54, 1.807) is 0 Å². The Kier molecular flexibility index (Phi) is 11.9. The number of carbonyl (C=O) groups excluding carboxylic acids is 2. The van der Waals surface area contributed by atoms with Crippen molar-refractivity contribution in [2.24, 2.45) is 29.6 Å². The van der Waals surface area contributed by atoms with Gasteiger partial charge in [-0.25, -0.2) is 0 Å². The van der Waals surface area contributed by atoms with E-state index in [0.717, 1.165) is 51.2 Å². The van der Waals surface area contributed by atoms with E-state index in [1.165, 1.54) is 6.42 Å². The van der Waals surface area contributed by atoms with Crippen molar-refractivity contribution in [1.29, 1.82) is 0 Å². The predicted molar refractivity (Wildman–Crippen MR) is 122 cm³/mol. The lowest BCUT2D eigenvalue weighted by Crippen LogP contribution is -2.52. The van der Waals surface area contributed by atoms with Gasteiger partial charge in [-0.2, -0.15) is 0 Å². The van der Waals surface area contributed by atoms with Gasteiger partial charge in [0.05, 0.1) is 0 Å². The second kappa shape index (κ2) is 13.3. The van der Waals surface area contributed by atoms with Crippen molar-refractivity contribution in [1.82, 2.24) is 15.5 Å². The van der Waals surface area contributed by atoms with Crippen LogP contribution in [0.5, 0.6) is 0 Å². The minimum atomic E-state index is -0.449. The van der Waals surface area contributed by atoms with Gasteiger partial charge >= 0.3 is 0 Å². The Morgan fingerprint density at radius 1 is 0.931 bits per heavy atom. The van der Waals surface area contributed by atoms with Gasteiger partial charge in [0.25, 0.3) is 0 Å². The van der Waals surface area contributed by atoms with E-state index in [1.807, 2.05) is 13.8 Å². The molecule has 1 atom stereocenters. The molecular weight excluding hydrogens is 362 g/mol. The molecule has 2 amide bonds. The quantitative estimate of drug-likeness (QED) is 0.511. The lowest BCUT2D eigenvalue weighted by Gasteiger charge is -2.30. The summed E-state index contributed by atoms with van der Waals surface area (Å²) in [7, 11) is 0. The third kappa shape index (κ3) is 9.97. The van der Waals surface area contributed by atoms with E-state index in [9.17, 15) is 9.59 Å². The van der Waals surface area contributed by atoms with Gasteiger partial charge in [0, 0.05) is 32.1 Å². The molecule has 0 heterocycles. The first kappa shape index (κ1) is 25.9. The van der Waals surface area contributed by atoms with Crippen LogP contribution < -0.4 is 10.6 Å². The number of nitrogens with one attached hydrogen (secondary N) is 2. The van der Waals surface area contributed by atoms with Crippen LogP contribution in [0, 0.1) is 29.6 Å². The molecule has 0 bridgehead atoms. The van der Waals surface area contributed by atoms with Gasteiger partial charge in [-0.15, -0.1) is 0 Å². The topological polar surface area (TPSA) is 61.4 Å². The third-order valence-corrected chi connectivity index (χ3v) is 6.02. The maximum absolute atomic E-state index is 12.8. The van der Waals surface area contributed by atoms with Crippen LogP contribution in [0.2, 0.25) is 0 Å². The molecule has 1 aliphatic carbocycles. The summed E-state index contributed by atoms with van der Waals surface area (Å²) in [6, 6.07) is -0.449. The number of nitrogens with zero attached hydrogens (tertiary/aromatic N) is 1. The molecule has 2 N–H and O–H groups in total. The number of carbonyl (C=O) groups is 2. The lowest BCUT2D eigenvalue weighted by atomic mass is 9.80. The first-order valence-electron chi connectivity index (χ1n) is 11.9. The van der Waals surface area contributed by atoms with E-state index in [0.29, 0.717) is 18.4 Å². The van der Waals surface area contributed by atoms with E-state index < -0.39 is 6.04 Å². The molecule has 5 nitrogen and oxygen atoms in total. The fraction of sp³-hybridized carbons (Fsp3) is 0.917. The fourth-order valence-electron chi connectivity index (χ4n) is 4.38. The molecule has 0 saturated heterocycles. The van der Waals surface area contributed by atoms with Crippen LogP contribution in [0.1, 0.15) is 80.6 Å². The summed E-state index contributed by atoms with van der Waals surface area (Å²) in [5.41, 5.74) is 0. The lowest BCUT2D eigenvalue weighted by molar-refractivity contribution is -0.132. The molecule has 0 aromatic carbocycles. The van der Waals surface area contributed by atoms with Crippen LogP contribution in [0.4, 0.5) is 0 Å². The zero-order valence-electron chi connectivity index (χ0n) is 20.1. The van der Waals surface area contributed by atoms with Crippen LogP contribution in [-0.4, -0.2) is 48.9 Å². The van der Waals surface area contributed by atoms with Gasteiger partial charge < -0.3 is 15.5 Å². The number of amides is 2. The number of hydrogen-bond donors (Lipinski definition) is 2. The van der Waals surface area contributed by atoms with Crippen LogP contribution >= 0.6 is 0 Å². The van der Waals surface area contributed by atoms with Crippen LogP contribution in [0.3, 0.4) is 0 Å². The van der Waals surface area contributed by atoms with Crippen LogP contribution in [0.25, 0.3) is 0 Å². The molecule has 0 aromatic heterocycles. The molecule has 0 radical (unpaired) electrons. The summed E-state index contributed by atoms with van der Waals surface area (Å²) in [6.07, 6.45) is 5.38. The van der Waals surface area contributed by atoms with Crippen molar-refractivity contribution < 1.29 is 9.59 Å². The zero-order valence-corrected chi connectivity index (χ0v) is 20.1. The minimum Gasteiger partial charge on any atom is -0.353 e. The van der Waals surface area contributed by atoms with Crippen molar-refractivity contribution in [2.75, 3.05) is 26.2 Å². The van der Waals surface area contributed by atoms with Gasteiger partial charge in [0.1, 0.15) is 6.04 Å². The highest BCUT2D eigenvalue weighted by molar-refractivity contribution is 5.88. The first-order chi connectivity index (χ1) is 13.6. The summed E-state index contributed by atoms with van der Waals surface area (Å²) in [5.74, 6) is 2.14. The summed E-state index contributed by atoms with van der Waals surface area (Å²) in [6.45, 7) is 18.7. The van der Waals surface area contributed by atoms with Gasteiger partial charge in [0.2, 0.25) is 11.8 Å². The third-order valence-electron chi connectivity index (χ3n) is 6.02. The normalized spacial score (nSPS) is 21.1. The Balaban J connectivity index is 2.51. The first-order valence-corrected chi connectivity index (χ1v) is 11.9. The summed E-state index contributed by atoms with van der Waals surface area (Å²) in [5, 5.41) is 6.13. The van der Waals surface area contributed by atoms with Gasteiger partial charge in [-0.3, -0.25) is 9.59 Å². The zero-order chi connectivity index (χ0) is 22.0. The molecule has 0 spiro atoms. The van der Waals surface area contributed by atoms with Gasteiger partial charge in [0.15, 0.2) is 0 Å². The molecule has 1 unspecified atom stereocenters. The highest BCUT2D eigenvalue weighted by atomic mass is 16.2. The van der Waals surface area contributed by atoms with Crippen molar-refractivity contribution in [3.63, 3.8) is 0 Å². The maximum Gasteiger partial charge on any atom is 0.242 e. The number of hydrogen-bond acceptors (Lipinski definition) is 3. The van der Waals surface area contributed by atoms with E-state index in [4.69, 9.17) is 0 Å². The van der Waals surface area contributed by atoms with Crippen molar-refractivity contribution in [2.45, 2.75) is 86.6 Å². The Morgan fingerprint density at radius 3 is 1.93 bits per heavy atom. The fourth-order valence-corrected chi connectivity index (χ4v) is 4.38. The Morgan fingerprint density at radius 2 is 1.48 bits per heavy atom. The highest BCUT2D eigenvalue weighted by Gasteiger charge is 2.30. The minimum absolute atomic E-state index is 0.0513. The van der Waals surface area contributed by atoms with E-state index >= 15 is 0 Å². The standard InChI is InChI=1S/C24H47N3O2/c1-8-20-9-11-21(12-10-20)23(28)26-22(19(6)7)24(29)25-13-14-27(15-17(2)3)16-18(4)5/h17-22H,8-16H2,1-7H3,(H,25,29)(H,26,28). The van der Waals surface area contributed by atoms with Crippen LogP contribution in [-0.2, 0) is 9.59 Å². The Bertz CT molecular complexity index is 473.